The zero-order valence-corrected chi connectivity index (χ0v) is 16.1. The van der Waals surface area contributed by atoms with Crippen LogP contribution in [0.2, 0.25) is 0 Å². The van der Waals surface area contributed by atoms with Crippen LogP contribution in [0.4, 0.5) is 0 Å². The summed E-state index contributed by atoms with van der Waals surface area (Å²) in [6.07, 6.45) is 8.85. The van der Waals surface area contributed by atoms with E-state index in [1.807, 2.05) is 18.5 Å². The number of ether oxygens (including phenoxy) is 2. The van der Waals surface area contributed by atoms with Crippen LogP contribution in [0, 0.1) is 0 Å². The van der Waals surface area contributed by atoms with Crippen molar-refractivity contribution >= 4 is 28.3 Å². The summed E-state index contributed by atoms with van der Waals surface area (Å²) in [7, 11) is 1.65. The molecule has 8 nitrogen and oxygen atoms in total. The third-order valence-corrected chi connectivity index (χ3v) is 6.43. The molecule has 0 aromatic carbocycles. The van der Waals surface area contributed by atoms with E-state index in [0.717, 1.165) is 45.9 Å². The maximum atomic E-state index is 13.0. The van der Waals surface area contributed by atoms with Crippen LogP contribution in [0.5, 0.6) is 0 Å². The third-order valence-electron chi connectivity index (χ3n) is 5.10. The molecule has 1 unspecified atom stereocenters. The molecule has 3 aliphatic heterocycles. The Kier molecular flexibility index (Phi) is 4.40. The standard InChI is InChI=1S/C19H19N5O3S/c1-26-10-13(24-6-3-5-22-24)15-12-4-2-7-27-16-14(12)18(19(25)23-15)28-17(16)11-8-20-21-9-11/h3,5-6,8-9,13,18H,2,4,7,10H2,1H3,(H,20,21)/t13-,18?/m1/s1. The van der Waals surface area contributed by atoms with Crippen LogP contribution in [0.1, 0.15) is 24.4 Å². The van der Waals surface area contributed by atoms with Gasteiger partial charge in [0.05, 0.1) is 30.0 Å². The van der Waals surface area contributed by atoms with E-state index in [1.165, 1.54) is 11.8 Å². The molecule has 0 spiro atoms. The van der Waals surface area contributed by atoms with Crippen molar-refractivity contribution < 1.29 is 14.3 Å². The van der Waals surface area contributed by atoms with Crippen molar-refractivity contribution in [3.63, 3.8) is 0 Å². The van der Waals surface area contributed by atoms with Gasteiger partial charge < -0.3 is 9.47 Å². The highest BCUT2D eigenvalue weighted by Gasteiger charge is 2.45. The Morgan fingerprint density at radius 2 is 2.43 bits per heavy atom. The highest BCUT2D eigenvalue weighted by atomic mass is 32.2. The molecule has 2 atom stereocenters. The van der Waals surface area contributed by atoms with Crippen molar-refractivity contribution in [2.75, 3.05) is 20.3 Å². The van der Waals surface area contributed by atoms with Crippen LogP contribution >= 0.6 is 11.8 Å². The van der Waals surface area contributed by atoms with Crippen LogP contribution in [-0.2, 0) is 14.3 Å². The second-order valence-corrected chi connectivity index (χ2v) is 7.90. The molecule has 1 N–H and O–H groups in total. The molecular weight excluding hydrogens is 378 g/mol. The number of allylic oxidation sites excluding steroid dienone is 2. The number of carbonyl (C=O) groups excluding carboxylic acids is 1. The number of thioether (sulfide) groups is 1. The van der Waals surface area contributed by atoms with Crippen molar-refractivity contribution in [1.82, 2.24) is 20.0 Å². The quantitative estimate of drug-likeness (QED) is 0.832. The lowest BCUT2D eigenvalue weighted by Crippen LogP contribution is -2.33. The van der Waals surface area contributed by atoms with E-state index in [2.05, 4.69) is 20.3 Å². The number of carbonyl (C=O) groups is 1. The summed E-state index contributed by atoms with van der Waals surface area (Å²) in [6, 6.07) is 1.60. The third kappa shape index (κ3) is 2.73. The number of aliphatic imine (C=N–C) groups is 1. The largest absolute Gasteiger partial charge is 0.492 e. The van der Waals surface area contributed by atoms with Gasteiger partial charge in [-0.3, -0.25) is 14.6 Å². The SMILES string of the molecule is COC[C@H](C1=NC(=O)C2SC(c3cn[nH]c3)=C3OCCCC1=C32)n1cccn1. The number of aromatic amines is 1. The monoisotopic (exact) mass is 397 g/mol. The van der Waals surface area contributed by atoms with Gasteiger partial charge in [-0.15, -0.1) is 11.8 Å². The second kappa shape index (κ2) is 7.06. The number of methoxy groups -OCH3 is 1. The molecule has 1 amide bonds. The Morgan fingerprint density at radius 3 is 3.18 bits per heavy atom. The van der Waals surface area contributed by atoms with E-state index in [4.69, 9.17) is 9.47 Å². The van der Waals surface area contributed by atoms with E-state index >= 15 is 0 Å². The van der Waals surface area contributed by atoms with Gasteiger partial charge in [0.2, 0.25) is 0 Å². The minimum Gasteiger partial charge on any atom is -0.492 e. The molecule has 0 radical (unpaired) electrons. The molecule has 144 valence electrons. The summed E-state index contributed by atoms with van der Waals surface area (Å²) < 4.78 is 13.4. The molecule has 0 fully saturated rings. The van der Waals surface area contributed by atoms with E-state index in [9.17, 15) is 4.79 Å². The van der Waals surface area contributed by atoms with Gasteiger partial charge in [-0.2, -0.15) is 10.2 Å². The van der Waals surface area contributed by atoms with E-state index < -0.39 is 0 Å². The normalized spacial score (nSPS) is 22.7. The lowest BCUT2D eigenvalue weighted by molar-refractivity contribution is -0.116. The summed E-state index contributed by atoms with van der Waals surface area (Å²) in [4.78, 5) is 18.5. The minimum atomic E-state index is -0.363. The van der Waals surface area contributed by atoms with Gasteiger partial charge in [0.1, 0.15) is 17.1 Å². The number of hydrogen-bond acceptors (Lipinski definition) is 6. The zero-order valence-electron chi connectivity index (χ0n) is 15.3. The number of rotatable bonds is 5. The Morgan fingerprint density at radius 1 is 1.50 bits per heavy atom. The molecule has 0 saturated heterocycles. The first-order valence-corrected chi connectivity index (χ1v) is 10.0. The number of dihydropyridines is 1. The molecule has 0 bridgehead atoms. The highest BCUT2D eigenvalue weighted by Crippen LogP contribution is 2.52. The number of aromatic nitrogens is 4. The maximum Gasteiger partial charge on any atom is 0.264 e. The van der Waals surface area contributed by atoms with Gasteiger partial charge >= 0.3 is 0 Å². The molecule has 0 aliphatic carbocycles. The van der Waals surface area contributed by atoms with Crippen molar-refractivity contribution in [3.05, 3.63) is 53.3 Å². The Balaban J connectivity index is 1.66. The number of H-pyrrole nitrogens is 1. The predicted octanol–water partition coefficient (Wildman–Crippen LogP) is 2.37. The first kappa shape index (κ1) is 17.4. The molecule has 28 heavy (non-hydrogen) atoms. The molecule has 0 saturated carbocycles. The number of nitrogens with zero attached hydrogens (tertiary/aromatic N) is 4. The Labute approximate surface area is 165 Å². The van der Waals surface area contributed by atoms with Gasteiger partial charge in [-0.1, -0.05) is 0 Å². The fourth-order valence-corrected chi connectivity index (χ4v) is 5.19. The first-order valence-electron chi connectivity index (χ1n) is 9.15. The van der Waals surface area contributed by atoms with Crippen molar-refractivity contribution in [3.8, 4) is 0 Å². The Bertz CT molecular complexity index is 991. The molecule has 5 rings (SSSR count). The van der Waals surface area contributed by atoms with E-state index in [0.29, 0.717) is 13.2 Å². The molecule has 3 aliphatic rings. The molecule has 9 heteroatoms. The van der Waals surface area contributed by atoms with Gasteiger partial charge in [0, 0.05) is 36.8 Å². The average Bonchev–Trinajstić information content (AvgIpc) is 3.43. The summed E-state index contributed by atoms with van der Waals surface area (Å²) in [5.41, 5.74) is 3.71. The summed E-state index contributed by atoms with van der Waals surface area (Å²) in [6.45, 7) is 0.992. The lowest BCUT2D eigenvalue weighted by Gasteiger charge is -2.26. The van der Waals surface area contributed by atoms with Crippen molar-refractivity contribution in [2.24, 2.45) is 4.99 Å². The zero-order chi connectivity index (χ0) is 19.1. The van der Waals surface area contributed by atoms with Crippen LogP contribution in [0.15, 0.2) is 52.8 Å². The first-order chi connectivity index (χ1) is 13.8. The van der Waals surface area contributed by atoms with Gasteiger partial charge in [-0.25, -0.2) is 4.99 Å². The fourth-order valence-electron chi connectivity index (χ4n) is 3.91. The van der Waals surface area contributed by atoms with E-state index in [1.54, 1.807) is 24.2 Å². The minimum absolute atomic E-state index is 0.159. The molecule has 2 aromatic rings. The van der Waals surface area contributed by atoms with E-state index in [-0.39, 0.29) is 17.2 Å². The maximum absolute atomic E-state index is 13.0. The van der Waals surface area contributed by atoms with Gasteiger partial charge in [-0.05, 0) is 24.5 Å². The summed E-state index contributed by atoms with van der Waals surface area (Å²) in [5, 5.41) is 10.9. The topological polar surface area (TPSA) is 94.4 Å². The highest BCUT2D eigenvalue weighted by molar-refractivity contribution is 8.10. The smallest absolute Gasteiger partial charge is 0.264 e. The number of amides is 1. The fraction of sp³-hybridized carbons (Fsp3) is 0.368. The number of nitrogens with one attached hydrogen (secondary N) is 1. The molecular formula is C19H19N5O3S. The van der Waals surface area contributed by atoms with Crippen molar-refractivity contribution in [2.45, 2.75) is 24.1 Å². The van der Waals surface area contributed by atoms with Crippen molar-refractivity contribution in [1.29, 1.82) is 0 Å². The summed E-state index contributed by atoms with van der Waals surface area (Å²) in [5.74, 6) is 0.634. The predicted molar refractivity (Wildman–Crippen MR) is 105 cm³/mol. The lowest BCUT2D eigenvalue weighted by atomic mass is 9.89. The molecule has 2 aromatic heterocycles. The van der Waals surface area contributed by atoms with Gasteiger partial charge in [0.15, 0.2) is 0 Å². The number of hydrogen-bond donors (Lipinski definition) is 1. The molecule has 5 heterocycles. The van der Waals surface area contributed by atoms with Crippen LogP contribution in [-0.4, -0.2) is 57.2 Å². The Hall–Kier alpha value is -2.65. The van der Waals surface area contributed by atoms with Gasteiger partial charge in [0.25, 0.3) is 5.91 Å². The van der Waals surface area contributed by atoms with Crippen LogP contribution in [0.3, 0.4) is 0 Å². The average molecular weight is 397 g/mol. The van der Waals surface area contributed by atoms with Crippen LogP contribution < -0.4 is 0 Å². The van der Waals surface area contributed by atoms with Crippen LogP contribution in [0.25, 0.3) is 4.91 Å². The second-order valence-electron chi connectivity index (χ2n) is 6.78. The summed E-state index contributed by atoms with van der Waals surface area (Å²) >= 11 is 1.50.